The molecule has 0 radical (unpaired) electrons. The van der Waals surface area contributed by atoms with Crippen molar-refractivity contribution in [1.29, 1.82) is 0 Å². The van der Waals surface area contributed by atoms with Crippen LogP contribution < -0.4 is 5.32 Å². The molecule has 0 spiro atoms. The number of halogens is 2. The first-order valence-corrected chi connectivity index (χ1v) is 7.81. The molecule has 124 valence electrons. The van der Waals surface area contributed by atoms with Gasteiger partial charge in [0, 0.05) is 17.2 Å². The highest BCUT2D eigenvalue weighted by molar-refractivity contribution is 6.32. The Kier molecular flexibility index (Phi) is 5.95. The van der Waals surface area contributed by atoms with Gasteiger partial charge < -0.3 is 5.32 Å². The van der Waals surface area contributed by atoms with Crippen LogP contribution in [-0.2, 0) is 4.79 Å². The molecular weight excluding hydrogens is 351 g/mol. The van der Waals surface area contributed by atoms with E-state index in [0.717, 1.165) is 5.56 Å². The number of hydrogen-bond donors (Lipinski definition) is 1. The van der Waals surface area contributed by atoms with Crippen LogP contribution in [0.1, 0.15) is 24.1 Å². The van der Waals surface area contributed by atoms with E-state index < -0.39 is 4.92 Å². The Morgan fingerprint density at radius 1 is 1.21 bits per heavy atom. The molecule has 0 aliphatic rings. The van der Waals surface area contributed by atoms with E-state index >= 15 is 0 Å². The molecule has 24 heavy (non-hydrogen) atoms. The van der Waals surface area contributed by atoms with Crippen LogP contribution in [0, 0.1) is 10.1 Å². The predicted octanol–water partition coefficient (Wildman–Crippen LogP) is 4.79. The van der Waals surface area contributed by atoms with Gasteiger partial charge >= 0.3 is 0 Å². The van der Waals surface area contributed by atoms with Gasteiger partial charge in [-0.2, -0.15) is 0 Å². The fraction of sp³-hybridized carbons (Fsp3) is 0.118. The molecule has 1 unspecified atom stereocenters. The minimum Gasteiger partial charge on any atom is -0.346 e. The molecular formula is C17H14Cl2N2O3. The minimum atomic E-state index is -0.570. The summed E-state index contributed by atoms with van der Waals surface area (Å²) < 4.78 is 0. The standard InChI is InChI=1S/C17H14Cl2N2O3/c1-11(13-4-2-3-5-14(13)18)20-17(22)9-7-12-6-8-15(19)16(10-12)21(23)24/h2-11H,1H3,(H,20,22)/b9-7+. The molecule has 0 fully saturated rings. The molecule has 1 atom stereocenters. The van der Waals surface area contributed by atoms with Crippen molar-refractivity contribution >= 4 is 40.9 Å². The van der Waals surface area contributed by atoms with Crippen molar-refractivity contribution in [3.05, 3.63) is 79.8 Å². The fourth-order valence-corrected chi connectivity index (χ4v) is 2.60. The Balaban J connectivity index is 2.07. The quantitative estimate of drug-likeness (QED) is 0.470. The SMILES string of the molecule is CC(NC(=O)/C=C/c1ccc(Cl)c([N+](=O)[O-])c1)c1ccccc1Cl. The molecule has 0 aliphatic carbocycles. The first-order chi connectivity index (χ1) is 11.4. The maximum Gasteiger partial charge on any atom is 0.288 e. The molecule has 0 saturated carbocycles. The van der Waals surface area contributed by atoms with E-state index in [9.17, 15) is 14.9 Å². The summed E-state index contributed by atoms with van der Waals surface area (Å²) >= 11 is 11.8. The lowest BCUT2D eigenvalue weighted by Gasteiger charge is -2.14. The largest absolute Gasteiger partial charge is 0.346 e. The predicted molar refractivity (Wildman–Crippen MR) is 95.2 cm³/mol. The van der Waals surface area contributed by atoms with Gasteiger partial charge in [-0.25, -0.2) is 0 Å². The Bertz CT molecular complexity index is 806. The van der Waals surface area contributed by atoms with E-state index in [1.807, 2.05) is 25.1 Å². The van der Waals surface area contributed by atoms with Crippen LogP contribution in [0.3, 0.4) is 0 Å². The summed E-state index contributed by atoms with van der Waals surface area (Å²) in [5.41, 5.74) is 1.11. The van der Waals surface area contributed by atoms with Crippen molar-refractivity contribution in [2.45, 2.75) is 13.0 Å². The third kappa shape index (κ3) is 4.57. The van der Waals surface area contributed by atoms with E-state index in [2.05, 4.69) is 5.32 Å². The summed E-state index contributed by atoms with van der Waals surface area (Å²) in [6, 6.07) is 11.3. The second-order valence-corrected chi connectivity index (χ2v) is 5.87. The average Bonchev–Trinajstić information content (AvgIpc) is 2.54. The van der Waals surface area contributed by atoms with Gasteiger partial charge in [0.05, 0.1) is 11.0 Å². The summed E-state index contributed by atoms with van der Waals surface area (Å²) in [6.07, 6.45) is 2.79. The number of nitro benzene ring substituents is 1. The lowest BCUT2D eigenvalue weighted by atomic mass is 10.1. The van der Waals surface area contributed by atoms with Crippen molar-refractivity contribution in [1.82, 2.24) is 5.32 Å². The number of carbonyl (C=O) groups excluding carboxylic acids is 1. The van der Waals surface area contributed by atoms with Crippen LogP contribution in [0.2, 0.25) is 10.0 Å². The molecule has 2 aromatic carbocycles. The lowest BCUT2D eigenvalue weighted by Crippen LogP contribution is -2.24. The summed E-state index contributed by atoms with van der Waals surface area (Å²) in [4.78, 5) is 22.3. The number of carbonyl (C=O) groups is 1. The number of rotatable bonds is 5. The molecule has 7 heteroatoms. The van der Waals surface area contributed by atoms with Crippen LogP contribution in [0.4, 0.5) is 5.69 Å². The van der Waals surface area contributed by atoms with E-state index in [1.165, 1.54) is 24.3 Å². The van der Waals surface area contributed by atoms with E-state index in [4.69, 9.17) is 23.2 Å². The number of nitrogens with one attached hydrogen (secondary N) is 1. The maximum atomic E-state index is 12.0. The van der Waals surface area contributed by atoms with E-state index in [-0.39, 0.29) is 22.7 Å². The number of nitrogens with zero attached hydrogens (tertiary/aromatic N) is 1. The van der Waals surface area contributed by atoms with E-state index in [0.29, 0.717) is 10.6 Å². The zero-order chi connectivity index (χ0) is 17.7. The first-order valence-electron chi connectivity index (χ1n) is 7.05. The lowest BCUT2D eigenvalue weighted by molar-refractivity contribution is -0.384. The van der Waals surface area contributed by atoms with Gasteiger partial charge in [0.15, 0.2) is 0 Å². The first kappa shape index (κ1) is 18.0. The van der Waals surface area contributed by atoms with Gasteiger partial charge in [-0.3, -0.25) is 14.9 Å². The van der Waals surface area contributed by atoms with Crippen molar-refractivity contribution in [2.75, 3.05) is 0 Å². The average molecular weight is 365 g/mol. The van der Waals surface area contributed by atoms with Crippen molar-refractivity contribution in [2.24, 2.45) is 0 Å². The van der Waals surface area contributed by atoms with Crippen LogP contribution >= 0.6 is 23.2 Å². The van der Waals surface area contributed by atoms with Gasteiger partial charge in [-0.05, 0) is 36.3 Å². The third-order valence-electron chi connectivity index (χ3n) is 3.32. The Morgan fingerprint density at radius 2 is 1.92 bits per heavy atom. The second-order valence-electron chi connectivity index (χ2n) is 5.05. The van der Waals surface area contributed by atoms with Gasteiger partial charge in [0.25, 0.3) is 5.69 Å². The van der Waals surface area contributed by atoms with Crippen LogP contribution in [0.15, 0.2) is 48.5 Å². The highest BCUT2D eigenvalue weighted by Crippen LogP contribution is 2.25. The van der Waals surface area contributed by atoms with Crippen LogP contribution in [-0.4, -0.2) is 10.8 Å². The Labute approximate surface area is 149 Å². The molecule has 2 rings (SSSR count). The van der Waals surface area contributed by atoms with Crippen molar-refractivity contribution < 1.29 is 9.72 Å². The van der Waals surface area contributed by atoms with Crippen LogP contribution in [0.25, 0.3) is 6.08 Å². The zero-order valence-corrected chi connectivity index (χ0v) is 14.2. The fourth-order valence-electron chi connectivity index (χ4n) is 2.11. The van der Waals surface area contributed by atoms with Crippen molar-refractivity contribution in [3.63, 3.8) is 0 Å². The number of nitro groups is 1. The maximum absolute atomic E-state index is 12.0. The zero-order valence-electron chi connectivity index (χ0n) is 12.7. The minimum absolute atomic E-state index is 0.0499. The number of hydrogen-bond acceptors (Lipinski definition) is 3. The topological polar surface area (TPSA) is 72.2 Å². The third-order valence-corrected chi connectivity index (χ3v) is 3.99. The monoisotopic (exact) mass is 364 g/mol. The molecule has 0 bridgehead atoms. The summed E-state index contributed by atoms with van der Waals surface area (Å²) in [7, 11) is 0. The van der Waals surface area contributed by atoms with E-state index in [1.54, 1.807) is 12.1 Å². The molecule has 2 aromatic rings. The Morgan fingerprint density at radius 3 is 2.58 bits per heavy atom. The van der Waals surface area contributed by atoms with Gasteiger partial charge in [-0.15, -0.1) is 0 Å². The van der Waals surface area contributed by atoms with Gasteiger partial charge in [0.1, 0.15) is 5.02 Å². The molecule has 0 saturated heterocycles. The molecule has 0 aromatic heterocycles. The smallest absolute Gasteiger partial charge is 0.288 e. The number of benzene rings is 2. The summed E-state index contributed by atoms with van der Waals surface area (Å²) in [5, 5.41) is 14.3. The highest BCUT2D eigenvalue weighted by Gasteiger charge is 2.13. The van der Waals surface area contributed by atoms with Crippen LogP contribution in [0.5, 0.6) is 0 Å². The molecule has 1 N–H and O–H groups in total. The summed E-state index contributed by atoms with van der Waals surface area (Å²) in [6.45, 7) is 1.82. The van der Waals surface area contributed by atoms with Crippen molar-refractivity contribution in [3.8, 4) is 0 Å². The molecule has 5 nitrogen and oxygen atoms in total. The normalized spacial score (nSPS) is 12.1. The molecule has 1 amide bonds. The molecule has 0 aliphatic heterocycles. The van der Waals surface area contributed by atoms with Gasteiger partial charge in [0.2, 0.25) is 5.91 Å². The molecule has 0 heterocycles. The Hall–Kier alpha value is -2.37. The number of amides is 1. The highest BCUT2D eigenvalue weighted by atomic mass is 35.5. The second kappa shape index (κ2) is 7.95. The van der Waals surface area contributed by atoms with Gasteiger partial charge in [-0.1, -0.05) is 47.5 Å². The summed E-state index contributed by atoms with van der Waals surface area (Å²) in [5.74, 6) is -0.333.